The van der Waals surface area contributed by atoms with Gasteiger partial charge in [0.05, 0.1) is 6.17 Å². The van der Waals surface area contributed by atoms with Crippen molar-refractivity contribution in [1.82, 2.24) is 14.9 Å². The summed E-state index contributed by atoms with van der Waals surface area (Å²) in [7, 11) is 0. The molecule has 37 heavy (non-hydrogen) atoms. The molecule has 1 aromatic heterocycles. The standard InChI is InChI=1S/C31H36N4O2/c1-4-20-11-8-12-21(5-2)28(20)29-32-19(3)24-18-34(25-15-9-13-22-10-6-7-14-23(22)25)27-17-16-26(31(36)37)35(27)30(24)33-29/h6-8,10-12,14,25-27H,4-5,9,13,15-18H2,1-3H3,(H,36,37)/t25-,26+,27?/m0/s1. The second-order valence-corrected chi connectivity index (χ2v) is 10.7. The van der Waals surface area contributed by atoms with Gasteiger partial charge in [0.15, 0.2) is 5.82 Å². The third-order valence-electron chi connectivity index (χ3n) is 8.76. The number of rotatable bonds is 5. The zero-order valence-corrected chi connectivity index (χ0v) is 22.1. The average molecular weight is 497 g/mol. The van der Waals surface area contributed by atoms with Crippen LogP contribution in [-0.2, 0) is 30.6 Å². The number of carbonyl (C=O) groups is 1. The topological polar surface area (TPSA) is 69.6 Å². The molecule has 3 heterocycles. The number of benzene rings is 2. The van der Waals surface area contributed by atoms with Gasteiger partial charge in [0.2, 0.25) is 0 Å². The van der Waals surface area contributed by atoms with Gasteiger partial charge in [0.25, 0.3) is 0 Å². The van der Waals surface area contributed by atoms with Gasteiger partial charge in [-0.3, -0.25) is 4.90 Å². The number of hydrogen-bond donors (Lipinski definition) is 1. The molecule has 1 aliphatic carbocycles. The molecule has 3 aromatic rings. The molecule has 0 amide bonds. The fourth-order valence-corrected chi connectivity index (χ4v) is 6.95. The average Bonchev–Trinajstić information content (AvgIpc) is 3.38. The Kier molecular flexibility index (Phi) is 6.23. The van der Waals surface area contributed by atoms with Crippen molar-refractivity contribution in [2.75, 3.05) is 4.90 Å². The lowest BCUT2D eigenvalue weighted by Crippen LogP contribution is -2.54. The summed E-state index contributed by atoms with van der Waals surface area (Å²) in [4.78, 5) is 27.4. The molecule has 1 fully saturated rings. The molecule has 1 N–H and O–H groups in total. The molecule has 192 valence electrons. The SMILES string of the molecule is CCc1cccc(CC)c1-c1nc(C)c2c(n1)N1C(CC[C@@H]1C(=O)O)N([C@H]1CCCc3ccccc31)C2. The molecule has 0 radical (unpaired) electrons. The largest absolute Gasteiger partial charge is 0.480 e. The van der Waals surface area contributed by atoms with Crippen molar-refractivity contribution in [2.24, 2.45) is 0 Å². The molecule has 1 unspecified atom stereocenters. The summed E-state index contributed by atoms with van der Waals surface area (Å²) in [6, 6.07) is 14.9. The minimum absolute atomic E-state index is 0.0268. The third kappa shape index (κ3) is 3.93. The number of nitrogens with zero attached hydrogens (tertiary/aromatic N) is 4. The fourth-order valence-electron chi connectivity index (χ4n) is 6.95. The van der Waals surface area contributed by atoms with E-state index >= 15 is 0 Å². The number of aryl methyl sites for hydroxylation is 4. The number of hydrogen-bond acceptors (Lipinski definition) is 5. The summed E-state index contributed by atoms with van der Waals surface area (Å²) in [6.07, 6.45) is 6.67. The summed E-state index contributed by atoms with van der Waals surface area (Å²) in [5, 5.41) is 10.2. The van der Waals surface area contributed by atoms with Crippen LogP contribution in [0.15, 0.2) is 42.5 Å². The van der Waals surface area contributed by atoms with Crippen LogP contribution < -0.4 is 4.90 Å². The van der Waals surface area contributed by atoms with Crippen LogP contribution >= 0.6 is 0 Å². The highest BCUT2D eigenvalue weighted by Gasteiger charge is 2.48. The van der Waals surface area contributed by atoms with E-state index in [1.54, 1.807) is 0 Å². The Morgan fingerprint density at radius 3 is 2.49 bits per heavy atom. The van der Waals surface area contributed by atoms with E-state index in [0.717, 1.165) is 73.5 Å². The van der Waals surface area contributed by atoms with Gasteiger partial charge in [-0.1, -0.05) is 56.3 Å². The maximum Gasteiger partial charge on any atom is 0.326 e. The van der Waals surface area contributed by atoms with Gasteiger partial charge >= 0.3 is 5.97 Å². The maximum absolute atomic E-state index is 12.5. The Balaban J connectivity index is 1.50. The summed E-state index contributed by atoms with van der Waals surface area (Å²) < 4.78 is 0. The summed E-state index contributed by atoms with van der Waals surface area (Å²) >= 11 is 0. The summed E-state index contributed by atoms with van der Waals surface area (Å²) in [6.45, 7) is 7.16. The van der Waals surface area contributed by atoms with E-state index in [1.807, 2.05) is 0 Å². The van der Waals surface area contributed by atoms with E-state index in [0.29, 0.717) is 6.42 Å². The van der Waals surface area contributed by atoms with Crippen LogP contribution in [0.2, 0.25) is 0 Å². The molecule has 2 aromatic carbocycles. The molecular weight excluding hydrogens is 460 g/mol. The zero-order chi connectivity index (χ0) is 25.7. The van der Waals surface area contributed by atoms with Gasteiger partial charge in [0.1, 0.15) is 11.9 Å². The highest BCUT2D eigenvalue weighted by molar-refractivity contribution is 5.80. The van der Waals surface area contributed by atoms with E-state index in [4.69, 9.17) is 9.97 Å². The van der Waals surface area contributed by atoms with Gasteiger partial charge in [-0.2, -0.15) is 0 Å². The van der Waals surface area contributed by atoms with Crippen molar-refractivity contribution in [3.05, 3.63) is 76.0 Å². The monoisotopic (exact) mass is 496 g/mol. The smallest absolute Gasteiger partial charge is 0.326 e. The van der Waals surface area contributed by atoms with Crippen LogP contribution in [0.3, 0.4) is 0 Å². The van der Waals surface area contributed by atoms with Gasteiger partial charge in [-0.05, 0) is 74.1 Å². The lowest BCUT2D eigenvalue weighted by atomic mass is 9.86. The fraction of sp³-hybridized carbons (Fsp3) is 0.452. The highest BCUT2D eigenvalue weighted by atomic mass is 16.4. The highest BCUT2D eigenvalue weighted by Crippen LogP contribution is 2.46. The van der Waals surface area contributed by atoms with E-state index in [-0.39, 0.29) is 12.2 Å². The first kappa shape index (κ1) is 24.1. The Hall–Kier alpha value is -3.25. The van der Waals surface area contributed by atoms with Crippen LogP contribution in [0.5, 0.6) is 0 Å². The van der Waals surface area contributed by atoms with Crippen molar-refractivity contribution in [3.63, 3.8) is 0 Å². The van der Waals surface area contributed by atoms with E-state index < -0.39 is 12.0 Å². The van der Waals surface area contributed by atoms with Crippen LogP contribution in [0.1, 0.15) is 79.1 Å². The Morgan fingerprint density at radius 2 is 1.76 bits per heavy atom. The lowest BCUT2D eigenvalue weighted by molar-refractivity contribution is -0.138. The molecule has 3 aliphatic rings. The van der Waals surface area contributed by atoms with Crippen LogP contribution in [0, 0.1) is 6.92 Å². The van der Waals surface area contributed by atoms with Crippen molar-refractivity contribution in [2.45, 2.75) is 90.5 Å². The minimum atomic E-state index is -0.764. The predicted molar refractivity (Wildman–Crippen MR) is 146 cm³/mol. The van der Waals surface area contributed by atoms with Gasteiger partial charge < -0.3 is 10.0 Å². The first-order chi connectivity index (χ1) is 18.0. The Morgan fingerprint density at radius 1 is 1.00 bits per heavy atom. The molecule has 0 saturated carbocycles. The van der Waals surface area contributed by atoms with E-state index in [1.165, 1.54) is 22.3 Å². The molecule has 2 aliphatic heterocycles. The third-order valence-corrected chi connectivity index (χ3v) is 8.76. The zero-order valence-electron chi connectivity index (χ0n) is 22.1. The molecular formula is C31H36N4O2. The van der Waals surface area contributed by atoms with E-state index in [9.17, 15) is 9.90 Å². The molecule has 6 heteroatoms. The number of carboxylic acid groups (broad SMARTS) is 1. The van der Waals surface area contributed by atoms with Crippen LogP contribution in [0.25, 0.3) is 11.4 Å². The number of aliphatic carboxylic acids is 1. The van der Waals surface area contributed by atoms with Crippen LogP contribution in [-0.4, -0.2) is 38.2 Å². The van der Waals surface area contributed by atoms with Crippen LogP contribution in [0.4, 0.5) is 5.82 Å². The summed E-state index contributed by atoms with van der Waals surface area (Å²) in [5.74, 6) is 0.794. The van der Waals surface area contributed by atoms with Gasteiger partial charge in [-0.15, -0.1) is 0 Å². The molecule has 0 bridgehead atoms. The second-order valence-electron chi connectivity index (χ2n) is 10.7. The number of aromatic nitrogens is 2. The van der Waals surface area contributed by atoms with E-state index in [2.05, 4.69) is 73.0 Å². The summed E-state index contributed by atoms with van der Waals surface area (Å²) in [5.41, 5.74) is 8.45. The number of anilines is 1. The van der Waals surface area contributed by atoms with Gasteiger partial charge in [0, 0.05) is 29.4 Å². The second kappa shape index (κ2) is 9.56. The number of carboxylic acids is 1. The van der Waals surface area contributed by atoms with Crippen molar-refractivity contribution < 1.29 is 9.90 Å². The maximum atomic E-state index is 12.5. The van der Waals surface area contributed by atoms with Crippen molar-refractivity contribution in [1.29, 1.82) is 0 Å². The number of fused-ring (bicyclic) bond motifs is 4. The predicted octanol–water partition coefficient (Wildman–Crippen LogP) is 5.85. The normalized spacial score (nSPS) is 22.9. The van der Waals surface area contributed by atoms with Gasteiger partial charge in [-0.25, -0.2) is 14.8 Å². The molecule has 6 nitrogen and oxygen atoms in total. The van der Waals surface area contributed by atoms with Crippen molar-refractivity contribution in [3.8, 4) is 11.4 Å². The Bertz CT molecular complexity index is 1330. The molecule has 6 rings (SSSR count). The first-order valence-corrected chi connectivity index (χ1v) is 13.8. The molecule has 0 spiro atoms. The molecule has 3 atom stereocenters. The Labute approximate surface area is 219 Å². The molecule has 1 saturated heterocycles. The first-order valence-electron chi connectivity index (χ1n) is 13.8. The lowest BCUT2D eigenvalue weighted by Gasteiger charge is -2.47. The minimum Gasteiger partial charge on any atom is -0.480 e. The van der Waals surface area contributed by atoms with Crippen molar-refractivity contribution >= 4 is 11.8 Å². The quantitative estimate of drug-likeness (QED) is 0.478.